The van der Waals surface area contributed by atoms with Crippen molar-refractivity contribution in [2.45, 2.75) is 96.3 Å². The number of benzene rings is 1. The van der Waals surface area contributed by atoms with Crippen molar-refractivity contribution in [2.75, 3.05) is 81.7 Å². The number of imidazole rings is 1. The van der Waals surface area contributed by atoms with Gasteiger partial charge in [0.05, 0.1) is 34.9 Å². The number of nitrogens with zero attached hydrogens (tertiary/aromatic N) is 9. The lowest BCUT2D eigenvalue weighted by Gasteiger charge is -2.54. The molecule has 1 spiro atoms. The Hall–Kier alpha value is -5.40. The van der Waals surface area contributed by atoms with E-state index in [-0.39, 0.29) is 66.5 Å². The molecule has 0 radical (unpaired) electrons. The molecular formula is C48H63ClN12O6. The summed E-state index contributed by atoms with van der Waals surface area (Å²) in [5.74, 6) is 0.681. The highest BCUT2D eigenvalue weighted by molar-refractivity contribution is 6.34. The van der Waals surface area contributed by atoms with Crippen molar-refractivity contribution in [3.8, 4) is 0 Å². The average Bonchev–Trinajstić information content (AvgIpc) is 3.95. The number of hydrogen-bond donors (Lipinski definition) is 5. The Morgan fingerprint density at radius 2 is 1.76 bits per heavy atom. The molecule has 5 fully saturated rings. The van der Waals surface area contributed by atoms with Crippen LogP contribution in [0.15, 0.2) is 36.5 Å². The number of halogens is 1. The van der Waals surface area contributed by atoms with Gasteiger partial charge in [0.25, 0.3) is 11.8 Å². The molecule has 2 aliphatic carbocycles. The van der Waals surface area contributed by atoms with Gasteiger partial charge in [-0.05, 0) is 99.8 Å². The van der Waals surface area contributed by atoms with Crippen LogP contribution in [0.3, 0.4) is 0 Å². The fraction of sp³-hybridized carbons (Fsp3) is 0.562. The first-order valence-corrected chi connectivity index (χ1v) is 24.2. The number of piperidine rings is 1. The van der Waals surface area contributed by atoms with E-state index in [9.17, 15) is 24.3 Å². The number of amides is 5. The van der Waals surface area contributed by atoms with Crippen LogP contribution in [0.25, 0.3) is 5.65 Å². The molecule has 18 nitrogen and oxygen atoms in total. The Morgan fingerprint density at radius 1 is 1.00 bits per heavy atom. The van der Waals surface area contributed by atoms with Crippen LogP contribution >= 0.6 is 11.6 Å². The van der Waals surface area contributed by atoms with Gasteiger partial charge in [-0.25, -0.2) is 19.3 Å². The van der Waals surface area contributed by atoms with Crippen molar-refractivity contribution in [3.63, 3.8) is 0 Å². The second-order valence-corrected chi connectivity index (χ2v) is 19.7. The van der Waals surface area contributed by atoms with E-state index in [2.05, 4.69) is 65.7 Å². The molecule has 4 aliphatic heterocycles. The number of anilines is 4. The van der Waals surface area contributed by atoms with Crippen LogP contribution < -0.4 is 25.8 Å². The van der Waals surface area contributed by atoms with Gasteiger partial charge < -0.3 is 30.6 Å². The van der Waals surface area contributed by atoms with Gasteiger partial charge in [0.1, 0.15) is 5.69 Å². The number of carbonyl (C=O) groups is 4. The van der Waals surface area contributed by atoms with Crippen LogP contribution in [-0.4, -0.2) is 153 Å². The monoisotopic (exact) mass is 938 g/mol. The third-order valence-electron chi connectivity index (χ3n) is 15.1. The zero-order valence-electron chi connectivity index (χ0n) is 38.9. The summed E-state index contributed by atoms with van der Waals surface area (Å²) >= 11 is 6.56. The predicted octanol–water partition coefficient (Wildman–Crippen LogP) is 4.36. The maximum Gasteiger partial charge on any atom is 0.328 e. The molecule has 5 amide bonds. The molecule has 10 rings (SSSR count). The van der Waals surface area contributed by atoms with E-state index in [4.69, 9.17) is 21.8 Å². The molecule has 6 aliphatic rings. The summed E-state index contributed by atoms with van der Waals surface area (Å²) in [4.78, 5) is 70.9. The summed E-state index contributed by atoms with van der Waals surface area (Å²) in [6, 6.07) is 10.0. The molecule has 2 unspecified atom stereocenters. The van der Waals surface area contributed by atoms with Gasteiger partial charge in [-0.3, -0.25) is 34.4 Å². The normalized spacial score (nSPS) is 22.2. The van der Waals surface area contributed by atoms with Crippen molar-refractivity contribution >= 4 is 63.9 Å². The van der Waals surface area contributed by atoms with E-state index in [1.54, 1.807) is 23.7 Å². The van der Waals surface area contributed by atoms with E-state index in [0.717, 1.165) is 108 Å². The lowest BCUT2D eigenvalue weighted by Crippen LogP contribution is -2.60. The Bertz CT molecular complexity index is 2530. The van der Waals surface area contributed by atoms with Gasteiger partial charge in [-0.2, -0.15) is 0 Å². The third-order valence-corrected chi connectivity index (χ3v) is 15.6. The number of aryl methyl sites for hydroxylation is 1. The first kappa shape index (κ1) is 46.7. The Morgan fingerprint density at radius 3 is 2.46 bits per heavy atom. The maximum atomic E-state index is 13.7. The molecule has 2 atom stereocenters. The highest BCUT2D eigenvalue weighted by Gasteiger charge is 2.47. The second-order valence-electron chi connectivity index (χ2n) is 19.3. The molecular weight excluding hydrogens is 876 g/mol. The molecule has 3 aromatic heterocycles. The Labute approximate surface area is 396 Å². The Balaban J connectivity index is 0.00000278. The van der Waals surface area contributed by atoms with E-state index < -0.39 is 6.03 Å². The molecule has 1 aromatic carbocycles. The fourth-order valence-corrected chi connectivity index (χ4v) is 11.6. The summed E-state index contributed by atoms with van der Waals surface area (Å²) in [6.45, 7) is 9.86. The number of likely N-dealkylation sites (tertiary alicyclic amines) is 1. The van der Waals surface area contributed by atoms with Crippen LogP contribution in [0.4, 0.5) is 27.7 Å². The minimum absolute atomic E-state index is 0.0147. The van der Waals surface area contributed by atoms with Crippen LogP contribution in [0, 0.1) is 18.3 Å². The van der Waals surface area contributed by atoms with Crippen molar-refractivity contribution in [3.05, 3.63) is 69.8 Å². The largest absolute Gasteiger partial charge is 0.400 e. The molecule has 67 heavy (non-hydrogen) atoms. The molecule has 3 saturated heterocycles. The molecule has 7 heterocycles. The molecule has 5 N–H and O–H groups in total. The van der Waals surface area contributed by atoms with Crippen LogP contribution in [0.2, 0.25) is 5.02 Å². The number of hydrogen-bond acceptors (Lipinski definition) is 13. The number of fused-ring (bicyclic) bond motifs is 2. The van der Waals surface area contributed by atoms with Crippen LogP contribution in [0.1, 0.15) is 96.1 Å². The number of aromatic nitrogens is 4. The lowest BCUT2D eigenvalue weighted by molar-refractivity contribution is -0.120. The molecule has 358 valence electrons. The number of carbonyl (C=O) groups excluding carboxylic acids is 4. The summed E-state index contributed by atoms with van der Waals surface area (Å²) in [6.07, 6.45) is 9.94. The highest BCUT2D eigenvalue weighted by atomic mass is 35.5. The molecule has 2 saturated carbocycles. The van der Waals surface area contributed by atoms with Gasteiger partial charge in [-0.15, -0.1) is 5.10 Å². The summed E-state index contributed by atoms with van der Waals surface area (Å²) in [7, 11) is 2.86. The van der Waals surface area contributed by atoms with Crippen molar-refractivity contribution in [2.24, 2.45) is 11.3 Å². The second kappa shape index (κ2) is 19.3. The first-order chi connectivity index (χ1) is 32.4. The van der Waals surface area contributed by atoms with E-state index >= 15 is 0 Å². The average molecular weight is 940 g/mol. The smallest absolute Gasteiger partial charge is 0.328 e. The minimum atomic E-state index is -0.553. The third kappa shape index (κ3) is 9.05. The maximum absolute atomic E-state index is 13.7. The van der Waals surface area contributed by atoms with Crippen LogP contribution in [0.5, 0.6) is 0 Å². The first-order valence-electron chi connectivity index (χ1n) is 23.8. The predicted molar refractivity (Wildman–Crippen MR) is 255 cm³/mol. The number of urea groups is 1. The van der Waals surface area contributed by atoms with Crippen LogP contribution in [-0.2, 0) is 17.8 Å². The lowest BCUT2D eigenvalue weighted by atomic mass is 9.57. The summed E-state index contributed by atoms with van der Waals surface area (Å²) in [5, 5.41) is 31.8. The van der Waals surface area contributed by atoms with Gasteiger partial charge in [0, 0.05) is 103 Å². The zero-order valence-corrected chi connectivity index (χ0v) is 39.7. The van der Waals surface area contributed by atoms with E-state index in [1.807, 2.05) is 18.0 Å². The quantitative estimate of drug-likeness (QED) is 0.142. The number of aliphatic hydroxyl groups is 2. The van der Waals surface area contributed by atoms with Gasteiger partial charge >= 0.3 is 6.03 Å². The number of aliphatic hydroxyl groups excluding tert-OH is 2. The number of rotatable bonds is 11. The number of pyridine rings is 1. The molecule has 19 heteroatoms. The van der Waals surface area contributed by atoms with Gasteiger partial charge in [0.15, 0.2) is 17.2 Å². The standard InChI is InChI=1S/C47H59ClN12O5.CH4O/c1-28-23-55(24-30-20-47(21-30)12-16-56(17-13-47)45(64)36-18-38(42(48)29(2)51-36)58-15-11-41(62)53-46(58)65)26-33(27-61)59(28)25-31-6-4-9-37-34(31)10-14-57(37)40-19-35(49-3)43-50-22-39(60(43)54-40)44(63)52-32-7-5-8-32;1-2/h4,6,9,18-19,22,28,30,32-33,49,61H,5,7-8,10-17,20-21,23-27H2,1-3H3,(H,52,63)(H,53,62,65);2H,1H3. The Kier molecular flexibility index (Phi) is 13.5. The summed E-state index contributed by atoms with van der Waals surface area (Å²) in [5.41, 5.74) is 6.87. The highest BCUT2D eigenvalue weighted by Crippen LogP contribution is 2.53. The number of nitrogens with one attached hydrogen (secondary N) is 3. The van der Waals surface area contributed by atoms with E-state index in [1.165, 1.54) is 16.0 Å². The topological polar surface area (TPSA) is 204 Å². The summed E-state index contributed by atoms with van der Waals surface area (Å²) < 4.78 is 1.67. The fourth-order valence-electron chi connectivity index (χ4n) is 11.4. The van der Waals surface area contributed by atoms with E-state index in [0.29, 0.717) is 46.8 Å². The SMILES string of the molecule is CNc1cc(N2CCc3c(CN4C(C)CN(CC5CC6(CCN(C(=O)c7cc(N8CCC(=O)NC8=O)c(Cl)c(C)n7)CC6)C5)CC4CO)cccc32)nn2c(C(=O)NC3CCC3)cnc12.CO. The molecule has 4 aromatic rings. The minimum Gasteiger partial charge on any atom is -0.400 e. The van der Waals surface area contributed by atoms with Crippen molar-refractivity contribution < 1.29 is 29.4 Å². The van der Waals surface area contributed by atoms with Gasteiger partial charge in [-0.1, -0.05) is 23.7 Å². The number of imide groups is 1. The van der Waals surface area contributed by atoms with Crippen molar-refractivity contribution in [1.82, 2.24) is 44.9 Å². The van der Waals surface area contributed by atoms with Gasteiger partial charge in [0.2, 0.25) is 5.91 Å². The van der Waals surface area contributed by atoms with Crippen molar-refractivity contribution in [1.29, 1.82) is 0 Å². The zero-order chi connectivity index (χ0) is 47.1. The molecule has 0 bridgehead atoms. The number of piperazine rings is 1.